The number of aliphatic hydroxyl groups excluding tert-OH is 2. The van der Waals surface area contributed by atoms with E-state index < -0.39 is 54.4 Å². The van der Waals surface area contributed by atoms with Gasteiger partial charge in [-0.3, -0.25) is 9.88 Å². The summed E-state index contributed by atoms with van der Waals surface area (Å²) in [6.45, 7) is 1.11. The molecule has 1 aromatic rings. The monoisotopic (exact) mass is 395 g/mol. The molecule has 1 aromatic heterocycles. The number of anilines is 1. The summed E-state index contributed by atoms with van der Waals surface area (Å²) in [4.78, 5) is 26.7. The van der Waals surface area contributed by atoms with Crippen molar-refractivity contribution in [2.45, 2.75) is 50.5 Å². The Morgan fingerprint density at radius 1 is 1.48 bits per heavy atom. The Morgan fingerprint density at radius 3 is 2.78 bits per heavy atom. The molecule has 3 N–H and O–H groups in total. The van der Waals surface area contributed by atoms with E-state index in [1.807, 2.05) is 12.2 Å². The smallest absolute Gasteiger partial charge is 0.412 e. The van der Waals surface area contributed by atoms with Crippen molar-refractivity contribution in [2.75, 3.05) is 18.5 Å². The van der Waals surface area contributed by atoms with Crippen LogP contribution in [0.2, 0.25) is 0 Å². The molecule has 1 aliphatic heterocycles. The first-order chi connectivity index (χ1) is 12.7. The topological polar surface area (TPSA) is 123 Å². The largest absolute Gasteiger partial charge is 0.449 e. The van der Waals surface area contributed by atoms with Crippen LogP contribution in [0.3, 0.4) is 0 Å². The zero-order chi connectivity index (χ0) is 20.2. The van der Waals surface area contributed by atoms with Gasteiger partial charge >= 0.3 is 17.7 Å². The van der Waals surface area contributed by atoms with Crippen LogP contribution in [0.1, 0.15) is 32.4 Å². The highest BCUT2D eigenvalue weighted by molar-refractivity contribution is 5.83. The van der Waals surface area contributed by atoms with Crippen molar-refractivity contribution in [3.05, 3.63) is 22.5 Å². The molecule has 0 unspecified atom stereocenters. The summed E-state index contributed by atoms with van der Waals surface area (Å²) in [6.07, 6.45) is -4.77. The molecule has 27 heavy (non-hydrogen) atoms. The van der Waals surface area contributed by atoms with E-state index in [0.717, 1.165) is 12.8 Å². The van der Waals surface area contributed by atoms with Gasteiger partial charge in [-0.05, 0) is 6.42 Å². The van der Waals surface area contributed by atoms with E-state index in [1.54, 1.807) is 0 Å². The maximum absolute atomic E-state index is 14.1. The molecule has 152 valence electrons. The van der Waals surface area contributed by atoms with Gasteiger partial charge in [0, 0.05) is 0 Å². The summed E-state index contributed by atoms with van der Waals surface area (Å²) < 4.78 is 51.9. The van der Waals surface area contributed by atoms with E-state index in [2.05, 4.69) is 4.98 Å². The zero-order valence-corrected chi connectivity index (χ0v) is 14.4. The molecular formula is C15H20F3N3O6. The van der Waals surface area contributed by atoms with Crippen molar-refractivity contribution in [1.29, 1.82) is 0 Å². The Morgan fingerprint density at radius 2 is 2.19 bits per heavy atom. The number of hydrogen-bond acceptors (Lipinski definition) is 7. The summed E-state index contributed by atoms with van der Waals surface area (Å²) in [6, 6.07) is 0. The zero-order valence-electron chi connectivity index (χ0n) is 14.4. The number of alkyl halides is 2. The summed E-state index contributed by atoms with van der Waals surface area (Å²) in [5, 5.41) is 20.3. The van der Waals surface area contributed by atoms with Crippen LogP contribution >= 0.6 is 0 Å². The predicted octanol–water partition coefficient (Wildman–Crippen LogP) is 1.01. The number of hydrogen-bond donors (Lipinski definition) is 3. The molecule has 0 saturated carbocycles. The Bertz CT molecular complexity index is 729. The standard InChI is InChI=1S/C15H20F3N3O6/c1-2-3-4-5-26-14(25)20-11-8(16)6-21(13(24)19-11)12-15(17,18)10(23)9(7-22)27-12/h6,9-10,12,22-23H,2-5,7H2,1H3,(H,19,20,24,25)/t9-,10-,12-/m1/s1. The van der Waals surface area contributed by atoms with Crippen molar-refractivity contribution in [2.24, 2.45) is 0 Å². The maximum atomic E-state index is 14.1. The fourth-order valence-corrected chi connectivity index (χ4v) is 2.47. The molecule has 0 spiro atoms. The van der Waals surface area contributed by atoms with Gasteiger partial charge in [-0.25, -0.2) is 14.0 Å². The lowest BCUT2D eigenvalue weighted by molar-refractivity contribution is -0.141. The number of rotatable bonds is 7. The minimum atomic E-state index is -3.97. The predicted molar refractivity (Wildman–Crippen MR) is 84.9 cm³/mol. The minimum absolute atomic E-state index is 0.0843. The number of nitrogens with zero attached hydrogens (tertiary/aromatic N) is 2. The molecule has 2 rings (SSSR count). The second kappa shape index (κ2) is 8.67. The van der Waals surface area contributed by atoms with Crippen LogP contribution in [0.25, 0.3) is 0 Å². The minimum Gasteiger partial charge on any atom is -0.449 e. The van der Waals surface area contributed by atoms with Gasteiger partial charge in [-0.1, -0.05) is 19.8 Å². The van der Waals surface area contributed by atoms with E-state index in [0.29, 0.717) is 12.6 Å². The number of aromatic nitrogens is 2. The van der Waals surface area contributed by atoms with E-state index in [9.17, 15) is 27.9 Å². The summed E-state index contributed by atoms with van der Waals surface area (Å²) in [5.74, 6) is -6.06. The highest BCUT2D eigenvalue weighted by Crippen LogP contribution is 2.42. The molecule has 1 fully saturated rings. The third kappa shape index (κ3) is 4.57. The Kier molecular flexibility index (Phi) is 6.78. The summed E-state index contributed by atoms with van der Waals surface area (Å²) >= 11 is 0. The van der Waals surface area contributed by atoms with Crippen molar-refractivity contribution in [3.8, 4) is 0 Å². The van der Waals surface area contributed by atoms with Crippen LogP contribution in [0.15, 0.2) is 11.0 Å². The van der Waals surface area contributed by atoms with E-state index >= 15 is 0 Å². The molecule has 0 bridgehead atoms. The van der Waals surface area contributed by atoms with Gasteiger partial charge in [-0.2, -0.15) is 13.8 Å². The molecule has 1 aliphatic rings. The van der Waals surface area contributed by atoms with E-state index in [-0.39, 0.29) is 11.2 Å². The number of carbonyl (C=O) groups excluding carboxylic acids is 1. The highest BCUT2D eigenvalue weighted by Gasteiger charge is 2.59. The molecule has 1 amide bonds. The van der Waals surface area contributed by atoms with Gasteiger partial charge < -0.3 is 19.7 Å². The maximum Gasteiger partial charge on any atom is 0.412 e. The fourth-order valence-electron chi connectivity index (χ4n) is 2.47. The molecule has 0 aliphatic carbocycles. The number of unbranched alkanes of at least 4 members (excludes halogenated alkanes) is 2. The Hall–Kier alpha value is -2.18. The average molecular weight is 395 g/mol. The van der Waals surface area contributed by atoms with Gasteiger partial charge in [0.25, 0.3) is 0 Å². The second-order valence-electron chi connectivity index (χ2n) is 5.92. The first-order valence-corrected chi connectivity index (χ1v) is 8.27. The molecule has 9 nitrogen and oxygen atoms in total. The fraction of sp³-hybridized carbons (Fsp3) is 0.667. The molecule has 3 atom stereocenters. The third-order valence-electron chi connectivity index (χ3n) is 3.92. The van der Waals surface area contributed by atoms with Crippen LogP contribution in [-0.2, 0) is 9.47 Å². The lowest BCUT2D eigenvalue weighted by Gasteiger charge is -2.21. The van der Waals surface area contributed by atoms with E-state index in [4.69, 9.17) is 14.6 Å². The molecule has 0 aromatic carbocycles. The van der Waals surface area contributed by atoms with Crippen LogP contribution in [0, 0.1) is 5.82 Å². The molecule has 0 radical (unpaired) electrons. The average Bonchev–Trinajstić information content (AvgIpc) is 2.84. The number of carbonyl (C=O) groups is 1. The number of ether oxygens (including phenoxy) is 2. The molecule has 1 saturated heterocycles. The second-order valence-corrected chi connectivity index (χ2v) is 5.92. The quantitative estimate of drug-likeness (QED) is 0.589. The number of halogens is 3. The van der Waals surface area contributed by atoms with Gasteiger partial charge in [0.15, 0.2) is 17.7 Å². The lowest BCUT2D eigenvalue weighted by atomic mass is 10.1. The third-order valence-corrected chi connectivity index (χ3v) is 3.92. The SMILES string of the molecule is CCCCCOC(=O)Nc1nc(=O)n([C@@H]2O[C@H](CO)[C@@H](O)C2(F)F)cc1F. The van der Waals surface area contributed by atoms with Crippen LogP contribution in [0.4, 0.5) is 23.8 Å². The number of nitrogens with one attached hydrogen (secondary N) is 1. The molecular weight excluding hydrogens is 375 g/mol. The van der Waals surface area contributed by atoms with Crippen molar-refractivity contribution in [1.82, 2.24) is 9.55 Å². The van der Waals surface area contributed by atoms with Crippen molar-refractivity contribution in [3.63, 3.8) is 0 Å². The Labute approximate surface area is 151 Å². The van der Waals surface area contributed by atoms with Crippen molar-refractivity contribution >= 4 is 11.9 Å². The van der Waals surface area contributed by atoms with Crippen molar-refractivity contribution < 1.29 is 37.7 Å². The molecule has 12 heteroatoms. The van der Waals surface area contributed by atoms with Gasteiger partial charge in [0.1, 0.15) is 6.10 Å². The highest BCUT2D eigenvalue weighted by atomic mass is 19.3. The van der Waals surface area contributed by atoms with Crippen LogP contribution in [-0.4, -0.2) is 57.2 Å². The number of amides is 1. The number of aliphatic hydroxyl groups is 2. The van der Waals surface area contributed by atoms with Gasteiger partial charge in [0.2, 0.25) is 6.23 Å². The first kappa shape index (κ1) is 21.1. The van der Waals surface area contributed by atoms with E-state index in [1.165, 1.54) is 0 Å². The molecule has 2 heterocycles. The van der Waals surface area contributed by atoms with Crippen LogP contribution < -0.4 is 11.0 Å². The van der Waals surface area contributed by atoms with Crippen LogP contribution in [0.5, 0.6) is 0 Å². The Balaban J connectivity index is 2.15. The normalized spacial score (nSPS) is 24.0. The van der Waals surface area contributed by atoms with Gasteiger partial charge in [0.05, 0.1) is 19.4 Å². The first-order valence-electron chi connectivity index (χ1n) is 8.27. The van der Waals surface area contributed by atoms with Gasteiger partial charge in [-0.15, -0.1) is 0 Å². The summed E-state index contributed by atoms with van der Waals surface area (Å²) in [7, 11) is 0. The lowest BCUT2D eigenvalue weighted by Crippen LogP contribution is -2.42. The summed E-state index contributed by atoms with van der Waals surface area (Å²) in [5.41, 5.74) is -1.35.